The molecule has 0 bridgehead atoms. The molecular weight excluding hydrogens is 249 g/mol. The standard InChI is InChI=1S/C18H16FN/c19-15-11-13-18(14-12-15)20(16-7-3-1-4-8-16)17-9-5-2-6-10-17/h1-5,7-9,11-14H,6,10H2. The molecule has 0 N–H and O–H groups in total. The largest absolute Gasteiger partial charge is 0.314 e. The summed E-state index contributed by atoms with van der Waals surface area (Å²) in [6, 6.07) is 16.8. The van der Waals surface area contributed by atoms with Crippen molar-refractivity contribution in [2.24, 2.45) is 0 Å². The van der Waals surface area contributed by atoms with Crippen LogP contribution in [0.2, 0.25) is 0 Å². The third-order valence-electron chi connectivity index (χ3n) is 3.38. The van der Waals surface area contributed by atoms with Gasteiger partial charge in [0.15, 0.2) is 0 Å². The van der Waals surface area contributed by atoms with E-state index in [2.05, 4.69) is 35.3 Å². The van der Waals surface area contributed by atoms with Crippen LogP contribution in [0.5, 0.6) is 0 Å². The predicted octanol–water partition coefficient (Wildman–Crippen LogP) is 5.20. The highest BCUT2D eigenvalue weighted by Gasteiger charge is 2.14. The summed E-state index contributed by atoms with van der Waals surface area (Å²) in [6.45, 7) is 0. The minimum absolute atomic E-state index is 0.209. The lowest BCUT2D eigenvalue weighted by atomic mass is 10.1. The maximum absolute atomic E-state index is 13.2. The van der Waals surface area contributed by atoms with E-state index in [-0.39, 0.29) is 5.82 Å². The van der Waals surface area contributed by atoms with Gasteiger partial charge in [0.25, 0.3) is 0 Å². The Balaban J connectivity index is 2.06. The molecule has 100 valence electrons. The van der Waals surface area contributed by atoms with Crippen molar-refractivity contribution in [3.8, 4) is 0 Å². The minimum Gasteiger partial charge on any atom is -0.314 e. The molecule has 0 aliphatic heterocycles. The zero-order valence-corrected chi connectivity index (χ0v) is 11.2. The SMILES string of the molecule is Fc1ccc(N(C2=CC=CCC2)c2ccccc2)cc1. The molecule has 1 nitrogen and oxygen atoms in total. The van der Waals surface area contributed by atoms with Crippen LogP contribution >= 0.6 is 0 Å². The van der Waals surface area contributed by atoms with Gasteiger partial charge in [-0.1, -0.05) is 30.4 Å². The van der Waals surface area contributed by atoms with Gasteiger partial charge in [-0.25, -0.2) is 4.39 Å². The zero-order valence-electron chi connectivity index (χ0n) is 11.2. The van der Waals surface area contributed by atoms with Crippen LogP contribution in [0.1, 0.15) is 12.8 Å². The van der Waals surface area contributed by atoms with Gasteiger partial charge in [-0.05, 0) is 55.3 Å². The highest BCUT2D eigenvalue weighted by atomic mass is 19.1. The van der Waals surface area contributed by atoms with Crippen LogP contribution in [0.3, 0.4) is 0 Å². The molecule has 0 amide bonds. The summed E-state index contributed by atoms with van der Waals surface area (Å²) >= 11 is 0. The molecule has 0 fully saturated rings. The minimum atomic E-state index is -0.209. The van der Waals surface area contributed by atoms with Crippen molar-refractivity contribution >= 4 is 11.4 Å². The van der Waals surface area contributed by atoms with Crippen molar-refractivity contribution in [1.82, 2.24) is 0 Å². The van der Waals surface area contributed by atoms with E-state index in [4.69, 9.17) is 0 Å². The summed E-state index contributed by atoms with van der Waals surface area (Å²) in [5, 5.41) is 0. The number of halogens is 1. The van der Waals surface area contributed by atoms with Crippen molar-refractivity contribution in [2.45, 2.75) is 12.8 Å². The van der Waals surface area contributed by atoms with Gasteiger partial charge in [0.05, 0.1) is 0 Å². The molecule has 1 aliphatic carbocycles. The van der Waals surface area contributed by atoms with Gasteiger partial charge in [0.2, 0.25) is 0 Å². The smallest absolute Gasteiger partial charge is 0.123 e. The Kier molecular flexibility index (Phi) is 3.64. The Labute approximate surface area is 118 Å². The molecule has 3 rings (SSSR count). The van der Waals surface area contributed by atoms with Crippen molar-refractivity contribution in [2.75, 3.05) is 4.90 Å². The van der Waals surface area contributed by atoms with Gasteiger partial charge in [-0.15, -0.1) is 0 Å². The number of nitrogens with zero attached hydrogens (tertiary/aromatic N) is 1. The van der Waals surface area contributed by atoms with Gasteiger partial charge in [0.1, 0.15) is 5.82 Å². The van der Waals surface area contributed by atoms with E-state index in [1.165, 1.54) is 17.8 Å². The average molecular weight is 265 g/mol. The number of para-hydroxylation sites is 1. The molecule has 1 aliphatic rings. The molecular formula is C18H16FN. The lowest BCUT2D eigenvalue weighted by Gasteiger charge is -2.28. The summed E-state index contributed by atoms with van der Waals surface area (Å²) in [6.07, 6.45) is 8.40. The zero-order chi connectivity index (χ0) is 13.8. The fraction of sp³-hybridized carbons (Fsp3) is 0.111. The number of hydrogen-bond acceptors (Lipinski definition) is 1. The third kappa shape index (κ3) is 2.64. The lowest BCUT2D eigenvalue weighted by molar-refractivity contribution is 0.628. The first-order valence-corrected chi connectivity index (χ1v) is 6.81. The maximum atomic E-state index is 13.2. The summed E-state index contributed by atoms with van der Waals surface area (Å²) in [5.74, 6) is -0.209. The number of rotatable bonds is 3. The molecule has 2 heteroatoms. The van der Waals surface area contributed by atoms with E-state index in [0.717, 1.165) is 24.2 Å². The number of anilines is 2. The summed E-state index contributed by atoms with van der Waals surface area (Å²) in [7, 11) is 0. The van der Waals surface area contributed by atoms with E-state index in [9.17, 15) is 4.39 Å². The monoisotopic (exact) mass is 265 g/mol. The fourth-order valence-electron chi connectivity index (χ4n) is 2.42. The molecule has 0 saturated carbocycles. The molecule has 2 aromatic rings. The Morgan fingerprint density at radius 1 is 0.850 bits per heavy atom. The van der Waals surface area contributed by atoms with Crippen LogP contribution in [-0.2, 0) is 0 Å². The lowest BCUT2D eigenvalue weighted by Crippen LogP contribution is -2.17. The van der Waals surface area contributed by atoms with Crippen LogP contribution < -0.4 is 4.90 Å². The predicted molar refractivity (Wildman–Crippen MR) is 81.4 cm³/mol. The van der Waals surface area contributed by atoms with Gasteiger partial charge < -0.3 is 4.90 Å². The highest BCUT2D eigenvalue weighted by molar-refractivity contribution is 5.68. The van der Waals surface area contributed by atoms with E-state index < -0.39 is 0 Å². The van der Waals surface area contributed by atoms with Gasteiger partial charge >= 0.3 is 0 Å². The second-order valence-electron chi connectivity index (χ2n) is 4.77. The topological polar surface area (TPSA) is 3.24 Å². The molecule has 0 atom stereocenters. The number of hydrogen-bond donors (Lipinski definition) is 0. The summed E-state index contributed by atoms with van der Waals surface area (Å²) in [5.41, 5.74) is 3.31. The highest BCUT2D eigenvalue weighted by Crippen LogP contribution is 2.32. The molecule has 0 saturated heterocycles. The molecule has 0 aromatic heterocycles. The van der Waals surface area contributed by atoms with Crippen molar-refractivity contribution in [1.29, 1.82) is 0 Å². The van der Waals surface area contributed by atoms with Gasteiger partial charge in [0, 0.05) is 17.1 Å². The summed E-state index contributed by atoms with van der Waals surface area (Å²) in [4.78, 5) is 2.18. The molecule has 0 spiro atoms. The second kappa shape index (κ2) is 5.74. The van der Waals surface area contributed by atoms with Crippen LogP contribution in [0.15, 0.2) is 78.5 Å². The molecule has 0 unspecified atom stereocenters. The molecule has 20 heavy (non-hydrogen) atoms. The number of benzene rings is 2. The van der Waals surface area contributed by atoms with Crippen molar-refractivity contribution in [3.05, 3.63) is 84.3 Å². The van der Waals surface area contributed by atoms with Gasteiger partial charge in [-0.2, -0.15) is 0 Å². The molecule has 2 aromatic carbocycles. The van der Waals surface area contributed by atoms with E-state index in [1.54, 1.807) is 0 Å². The van der Waals surface area contributed by atoms with Crippen LogP contribution in [0.25, 0.3) is 0 Å². The second-order valence-corrected chi connectivity index (χ2v) is 4.77. The maximum Gasteiger partial charge on any atom is 0.123 e. The first-order chi connectivity index (χ1) is 9.84. The van der Waals surface area contributed by atoms with Crippen LogP contribution in [-0.4, -0.2) is 0 Å². The van der Waals surface area contributed by atoms with Crippen LogP contribution in [0, 0.1) is 5.82 Å². The Morgan fingerprint density at radius 2 is 1.55 bits per heavy atom. The Morgan fingerprint density at radius 3 is 2.20 bits per heavy atom. The van der Waals surface area contributed by atoms with Crippen LogP contribution in [0.4, 0.5) is 15.8 Å². The normalized spacial score (nSPS) is 13.9. The third-order valence-corrected chi connectivity index (χ3v) is 3.38. The van der Waals surface area contributed by atoms with E-state index in [1.807, 2.05) is 30.3 Å². The quantitative estimate of drug-likeness (QED) is 0.737. The average Bonchev–Trinajstić information content (AvgIpc) is 2.52. The molecule has 0 radical (unpaired) electrons. The Hall–Kier alpha value is -2.35. The van der Waals surface area contributed by atoms with E-state index in [0.29, 0.717) is 0 Å². The van der Waals surface area contributed by atoms with Crippen molar-refractivity contribution in [3.63, 3.8) is 0 Å². The molecule has 0 heterocycles. The number of allylic oxidation sites excluding steroid dienone is 4. The van der Waals surface area contributed by atoms with Gasteiger partial charge in [-0.3, -0.25) is 0 Å². The Bertz CT molecular complexity index is 626. The summed E-state index contributed by atoms with van der Waals surface area (Å²) < 4.78 is 13.2. The first-order valence-electron chi connectivity index (χ1n) is 6.81. The van der Waals surface area contributed by atoms with Crippen molar-refractivity contribution < 1.29 is 4.39 Å². The fourth-order valence-corrected chi connectivity index (χ4v) is 2.42. The van der Waals surface area contributed by atoms with E-state index >= 15 is 0 Å². The first kappa shape index (κ1) is 12.7.